The van der Waals surface area contributed by atoms with Crippen LogP contribution in [0.2, 0.25) is 0 Å². The Morgan fingerprint density at radius 3 is 2.55 bits per heavy atom. The topological polar surface area (TPSA) is 34.9 Å². The van der Waals surface area contributed by atoms with Crippen LogP contribution in [-0.4, -0.2) is 9.55 Å². The largest absolute Gasteiger partial charge is 0.292 e. The fourth-order valence-electron chi connectivity index (χ4n) is 2.24. The maximum absolute atomic E-state index is 12.9. The smallest absolute Gasteiger partial charge is 0.261 e. The minimum Gasteiger partial charge on any atom is -0.292 e. The predicted molar refractivity (Wildman–Crippen MR) is 76.2 cm³/mol. The molecule has 2 aromatic carbocycles. The highest BCUT2D eigenvalue weighted by molar-refractivity contribution is 5.77. The Balaban J connectivity index is 2.11. The molecule has 0 amide bonds. The summed E-state index contributed by atoms with van der Waals surface area (Å²) in [6.07, 6.45) is 0. The molecule has 3 aromatic rings. The number of halogens is 1. The van der Waals surface area contributed by atoms with E-state index in [-0.39, 0.29) is 11.4 Å². The van der Waals surface area contributed by atoms with Gasteiger partial charge >= 0.3 is 0 Å². The Morgan fingerprint density at radius 2 is 1.80 bits per heavy atom. The van der Waals surface area contributed by atoms with Gasteiger partial charge in [0.05, 0.1) is 17.4 Å². The number of aromatic nitrogens is 2. The van der Waals surface area contributed by atoms with E-state index in [0.29, 0.717) is 23.3 Å². The molecule has 0 spiro atoms. The summed E-state index contributed by atoms with van der Waals surface area (Å²) in [5, 5.41) is 0.597. The molecular weight excluding hydrogens is 255 g/mol. The van der Waals surface area contributed by atoms with Gasteiger partial charge in [-0.3, -0.25) is 9.36 Å². The first kappa shape index (κ1) is 12.5. The first-order chi connectivity index (χ1) is 9.65. The fraction of sp³-hybridized carbons (Fsp3) is 0.125. The number of benzene rings is 2. The van der Waals surface area contributed by atoms with Crippen LogP contribution in [0.3, 0.4) is 0 Å². The average Bonchev–Trinajstić information content (AvgIpc) is 2.45. The monoisotopic (exact) mass is 268 g/mol. The second-order valence-electron chi connectivity index (χ2n) is 4.69. The zero-order valence-corrected chi connectivity index (χ0v) is 11.0. The summed E-state index contributed by atoms with van der Waals surface area (Å²) < 4.78 is 14.5. The molecule has 0 saturated carbocycles. The van der Waals surface area contributed by atoms with Gasteiger partial charge < -0.3 is 0 Å². The van der Waals surface area contributed by atoms with Crippen LogP contribution in [0.25, 0.3) is 10.9 Å². The van der Waals surface area contributed by atoms with Gasteiger partial charge in [0.15, 0.2) is 0 Å². The van der Waals surface area contributed by atoms with E-state index >= 15 is 0 Å². The molecule has 0 fully saturated rings. The van der Waals surface area contributed by atoms with E-state index in [1.807, 2.05) is 18.2 Å². The maximum atomic E-state index is 12.9. The molecule has 0 atom stereocenters. The van der Waals surface area contributed by atoms with Crippen molar-refractivity contribution in [2.45, 2.75) is 13.5 Å². The molecule has 1 aromatic heterocycles. The average molecular weight is 268 g/mol. The van der Waals surface area contributed by atoms with Crippen molar-refractivity contribution in [2.75, 3.05) is 0 Å². The normalized spacial score (nSPS) is 10.9. The van der Waals surface area contributed by atoms with Gasteiger partial charge in [-0.15, -0.1) is 0 Å². The number of para-hydroxylation sites is 1. The van der Waals surface area contributed by atoms with E-state index in [2.05, 4.69) is 4.98 Å². The summed E-state index contributed by atoms with van der Waals surface area (Å²) in [6.45, 7) is 2.19. The molecule has 3 nitrogen and oxygen atoms in total. The second kappa shape index (κ2) is 4.89. The van der Waals surface area contributed by atoms with Gasteiger partial charge in [0.25, 0.3) is 5.56 Å². The molecule has 4 heteroatoms. The Bertz CT molecular complexity index is 822. The van der Waals surface area contributed by atoms with E-state index in [1.165, 1.54) is 12.1 Å². The summed E-state index contributed by atoms with van der Waals surface area (Å²) >= 11 is 0. The van der Waals surface area contributed by atoms with Crippen molar-refractivity contribution in [3.05, 3.63) is 76.1 Å². The van der Waals surface area contributed by atoms with Crippen molar-refractivity contribution in [3.63, 3.8) is 0 Å². The first-order valence-corrected chi connectivity index (χ1v) is 6.36. The molecule has 0 unspecified atom stereocenters. The second-order valence-corrected chi connectivity index (χ2v) is 4.69. The van der Waals surface area contributed by atoms with Gasteiger partial charge in [-0.1, -0.05) is 24.3 Å². The fourth-order valence-corrected chi connectivity index (χ4v) is 2.24. The molecule has 0 aliphatic heterocycles. The third-order valence-electron chi connectivity index (χ3n) is 3.31. The molecule has 0 N–H and O–H groups in total. The SMILES string of the molecule is Cc1nc2ccccc2c(=O)n1Cc1ccc(F)cc1. The molecule has 3 rings (SSSR count). The van der Waals surface area contributed by atoms with Crippen LogP contribution in [0.15, 0.2) is 53.3 Å². The number of hydrogen-bond donors (Lipinski definition) is 0. The first-order valence-electron chi connectivity index (χ1n) is 6.36. The predicted octanol–water partition coefficient (Wildman–Crippen LogP) is 2.89. The maximum Gasteiger partial charge on any atom is 0.261 e. The van der Waals surface area contributed by atoms with Crippen LogP contribution >= 0.6 is 0 Å². The van der Waals surface area contributed by atoms with E-state index in [9.17, 15) is 9.18 Å². The standard InChI is InChI=1S/C16H13FN2O/c1-11-18-15-5-3-2-4-14(15)16(20)19(11)10-12-6-8-13(17)9-7-12/h2-9H,10H2,1H3. The molecule has 0 aliphatic rings. The lowest BCUT2D eigenvalue weighted by Gasteiger charge is -2.10. The van der Waals surface area contributed by atoms with Crippen molar-refractivity contribution in [3.8, 4) is 0 Å². The molecule has 0 aliphatic carbocycles. The summed E-state index contributed by atoms with van der Waals surface area (Å²) in [5.74, 6) is 0.368. The zero-order valence-electron chi connectivity index (χ0n) is 11.0. The molecular formula is C16H13FN2O. The third-order valence-corrected chi connectivity index (χ3v) is 3.31. The summed E-state index contributed by atoms with van der Waals surface area (Å²) in [4.78, 5) is 16.9. The Hall–Kier alpha value is -2.49. The molecule has 0 radical (unpaired) electrons. The summed E-state index contributed by atoms with van der Waals surface area (Å²) in [6, 6.07) is 13.4. The van der Waals surface area contributed by atoms with E-state index in [0.717, 1.165) is 5.56 Å². The molecule has 1 heterocycles. The molecule has 100 valence electrons. The van der Waals surface area contributed by atoms with Crippen LogP contribution in [0.1, 0.15) is 11.4 Å². The zero-order chi connectivity index (χ0) is 14.1. The minimum atomic E-state index is -0.283. The van der Waals surface area contributed by atoms with E-state index < -0.39 is 0 Å². The molecule has 0 saturated heterocycles. The van der Waals surface area contributed by atoms with E-state index in [1.54, 1.807) is 29.7 Å². The number of fused-ring (bicyclic) bond motifs is 1. The third kappa shape index (κ3) is 2.20. The van der Waals surface area contributed by atoms with Gasteiger partial charge in [0.2, 0.25) is 0 Å². The van der Waals surface area contributed by atoms with Gasteiger partial charge in [0.1, 0.15) is 11.6 Å². The number of aryl methyl sites for hydroxylation is 1. The Morgan fingerprint density at radius 1 is 1.10 bits per heavy atom. The van der Waals surface area contributed by atoms with Crippen molar-refractivity contribution in [1.29, 1.82) is 0 Å². The van der Waals surface area contributed by atoms with Crippen LogP contribution in [0, 0.1) is 12.7 Å². The van der Waals surface area contributed by atoms with Gasteiger partial charge in [0, 0.05) is 0 Å². The number of nitrogens with zero attached hydrogens (tertiary/aromatic N) is 2. The lowest BCUT2D eigenvalue weighted by molar-refractivity contribution is 0.625. The van der Waals surface area contributed by atoms with Gasteiger partial charge in [-0.2, -0.15) is 0 Å². The van der Waals surface area contributed by atoms with Crippen LogP contribution in [0.4, 0.5) is 4.39 Å². The van der Waals surface area contributed by atoms with Crippen molar-refractivity contribution < 1.29 is 4.39 Å². The number of rotatable bonds is 2. The highest BCUT2D eigenvalue weighted by Gasteiger charge is 2.08. The van der Waals surface area contributed by atoms with Crippen molar-refractivity contribution >= 4 is 10.9 Å². The number of hydrogen-bond acceptors (Lipinski definition) is 2. The van der Waals surface area contributed by atoms with Crippen LogP contribution in [-0.2, 0) is 6.54 Å². The van der Waals surface area contributed by atoms with Crippen molar-refractivity contribution in [2.24, 2.45) is 0 Å². The van der Waals surface area contributed by atoms with E-state index in [4.69, 9.17) is 0 Å². The highest BCUT2D eigenvalue weighted by atomic mass is 19.1. The summed E-state index contributed by atoms with van der Waals surface area (Å²) in [7, 11) is 0. The van der Waals surface area contributed by atoms with Gasteiger partial charge in [-0.05, 0) is 36.8 Å². The van der Waals surface area contributed by atoms with Gasteiger partial charge in [-0.25, -0.2) is 9.37 Å². The minimum absolute atomic E-state index is 0.0718. The Kier molecular flexibility index (Phi) is 3.06. The molecule has 20 heavy (non-hydrogen) atoms. The Labute approximate surface area is 115 Å². The molecule has 0 bridgehead atoms. The van der Waals surface area contributed by atoms with Crippen LogP contribution < -0.4 is 5.56 Å². The highest BCUT2D eigenvalue weighted by Crippen LogP contribution is 2.10. The summed E-state index contributed by atoms with van der Waals surface area (Å²) in [5.41, 5.74) is 1.50. The van der Waals surface area contributed by atoms with Crippen molar-refractivity contribution in [1.82, 2.24) is 9.55 Å². The lowest BCUT2D eigenvalue weighted by Crippen LogP contribution is -2.24. The van der Waals surface area contributed by atoms with Crippen LogP contribution in [0.5, 0.6) is 0 Å². The quantitative estimate of drug-likeness (QED) is 0.716. The lowest BCUT2D eigenvalue weighted by atomic mass is 10.2.